The lowest BCUT2D eigenvalue weighted by molar-refractivity contribution is -0.137. The van der Waals surface area contributed by atoms with E-state index < -0.39 is 39.1 Å². The van der Waals surface area contributed by atoms with Crippen molar-refractivity contribution in [2.75, 3.05) is 19.0 Å². The molecule has 0 fully saturated rings. The van der Waals surface area contributed by atoms with Gasteiger partial charge in [-0.1, -0.05) is 6.07 Å². The third kappa shape index (κ3) is 5.44. The molecule has 2 N–H and O–H groups in total. The number of anilines is 1. The topological polar surface area (TPSA) is 84.5 Å². The van der Waals surface area contributed by atoms with Gasteiger partial charge in [-0.3, -0.25) is 4.79 Å². The summed E-state index contributed by atoms with van der Waals surface area (Å²) in [6.45, 7) is 1.13. The van der Waals surface area contributed by atoms with Crippen LogP contribution in [0, 0.1) is 6.92 Å². The van der Waals surface area contributed by atoms with Crippen LogP contribution in [-0.4, -0.2) is 28.0 Å². The molecular formula is C17H17F3N2O4S. The molecule has 6 nitrogen and oxygen atoms in total. The molecule has 0 saturated carbocycles. The van der Waals surface area contributed by atoms with E-state index in [4.69, 9.17) is 4.74 Å². The Hall–Kier alpha value is -2.59. The standard InChI is InChI=1S/C17H17F3N2O4S/c1-11-8-13(6-7-15(11)26-2)22-16(23)10-21-27(24,25)14-5-3-4-12(9-14)17(18,19)20/h3-9,21H,10H2,1-2H3,(H,22,23). The van der Waals surface area contributed by atoms with Crippen molar-refractivity contribution in [1.82, 2.24) is 4.72 Å². The molecule has 10 heteroatoms. The van der Waals surface area contributed by atoms with Crippen molar-refractivity contribution in [3.63, 3.8) is 0 Å². The van der Waals surface area contributed by atoms with E-state index >= 15 is 0 Å². The Labute approximate surface area is 154 Å². The van der Waals surface area contributed by atoms with Gasteiger partial charge < -0.3 is 10.1 Å². The van der Waals surface area contributed by atoms with Crippen LogP contribution < -0.4 is 14.8 Å². The molecule has 1 amide bonds. The van der Waals surface area contributed by atoms with E-state index in [0.29, 0.717) is 17.5 Å². The average Bonchev–Trinajstić information content (AvgIpc) is 2.60. The summed E-state index contributed by atoms with van der Waals surface area (Å²) in [7, 11) is -2.78. The lowest BCUT2D eigenvalue weighted by Crippen LogP contribution is -2.33. The van der Waals surface area contributed by atoms with Crippen molar-refractivity contribution in [1.29, 1.82) is 0 Å². The van der Waals surface area contributed by atoms with E-state index in [9.17, 15) is 26.4 Å². The normalized spacial score (nSPS) is 11.9. The highest BCUT2D eigenvalue weighted by atomic mass is 32.2. The number of ether oxygens (including phenoxy) is 1. The van der Waals surface area contributed by atoms with Crippen molar-refractivity contribution in [2.24, 2.45) is 0 Å². The maximum Gasteiger partial charge on any atom is 0.416 e. The number of amides is 1. The number of carbonyl (C=O) groups is 1. The predicted octanol–water partition coefficient (Wildman–Crippen LogP) is 2.94. The van der Waals surface area contributed by atoms with Gasteiger partial charge in [0.1, 0.15) is 5.75 Å². The lowest BCUT2D eigenvalue weighted by atomic mass is 10.2. The molecule has 0 aliphatic heterocycles. The summed E-state index contributed by atoms with van der Waals surface area (Å²) >= 11 is 0. The van der Waals surface area contributed by atoms with E-state index in [1.807, 2.05) is 4.72 Å². The number of halogens is 3. The number of rotatable bonds is 6. The number of methoxy groups -OCH3 is 1. The third-order valence-electron chi connectivity index (χ3n) is 3.57. The van der Waals surface area contributed by atoms with Gasteiger partial charge in [-0.15, -0.1) is 0 Å². The summed E-state index contributed by atoms with van der Waals surface area (Å²) in [5.74, 6) is -0.0478. The molecule has 146 valence electrons. The van der Waals surface area contributed by atoms with Crippen molar-refractivity contribution in [2.45, 2.75) is 18.0 Å². The van der Waals surface area contributed by atoms with E-state index in [1.165, 1.54) is 7.11 Å². The second-order valence-corrected chi connectivity index (χ2v) is 7.35. The molecule has 0 radical (unpaired) electrons. The molecule has 0 unspecified atom stereocenters. The fourth-order valence-corrected chi connectivity index (χ4v) is 3.27. The Kier molecular flexibility index (Phi) is 6.11. The van der Waals surface area contributed by atoms with E-state index in [1.54, 1.807) is 25.1 Å². The molecule has 0 spiro atoms. The third-order valence-corrected chi connectivity index (χ3v) is 4.97. The molecule has 0 aliphatic carbocycles. The van der Waals surface area contributed by atoms with Gasteiger partial charge >= 0.3 is 6.18 Å². The molecule has 0 heterocycles. The molecule has 27 heavy (non-hydrogen) atoms. The van der Waals surface area contributed by atoms with Crippen molar-refractivity contribution < 1.29 is 31.1 Å². The molecule has 2 aromatic carbocycles. The molecule has 0 aromatic heterocycles. The molecule has 0 bridgehead atoms. The van der Waals surface area contributed by atoms with E-state index in [-0.39, 0.29) is 0 Å². The average molecular weight is 402 g/mol. The zero-order chi connectivity index (χ0) is 20.2. The Morgan fingerprint density at radius 3 is 2.44 bits per heavy atom. The SMILES string of the molecule is COc1ccc(NC(=O)CNS(=O)(=O)c2cccc(C(F)(F)F)c2)cc1C. The van der Waals surface area contributed by atoms with Gasteiger partial charge in [0.2, 0.25) is 15.9 Å². The monoisotopic (exact) mass is 402 g/mol. The Morgan fingerprint density at radius 1 is 1.15 bits per heavy atom. The second kappa shape index (κ2) is 7.97. The summed E-state index contributed by atoms with van der Waals surface area (Å²) < 4.78 is 69.5. The van der Waals surface area contributed by atoms with Gasteiger partial charge in [0.25, 0.3) is 0 Å². The molecule has 2 aromatic rings. The number of benzene rings is 2. The summed E-state index contributed by atoms with van der Waals surface area (Å²) in [6.07, 6.45) is -4.67. The highest BCUT2D eigenvalue weighted by molar-refractivity contribution is 7.89. The first kappa shape index (κ1) is 20.7. The van der Waals surface area contributed by atoms with Gasteiger partial charge in [-0.05, 0) is 48.9 Å². The van der Waals surface area contributed by atoms with Crippen LogP contribution in [0.3, 0.4) is 0 Å². The highest BCUT2D eigenvalue weighted by Gasteiger charge is 2.31. The molecule has 0 aliphatic rings. The van der Waals surface area contributed by atoms with Gasteiger partial charge in [0, 0.05) is 5.69 Å². The van der Waals surface area contributed by atoms with Crippen LogP contribution in [0.5, 0.6) is 5.75 Å². The van der Waals surface area contributed by atoms with Gasteiger partial charge in [-0.2, -0.15) is 13.2 Å². The van der Waals surface area contributed by atoms with Crippen LogP contribution in [0.2, 0.25) is 0 Å². The first-order valence-corrected chi connectivity index (χ1v) is 9.12. The zero-order valence-electron chi connectivity index (χ0n) is 14.4. The fraction of sp³-hybridized carbons (Fsp3) is 0.235. The van der Waals surface area contributed by atoms with Crippen LogP contribution in [-0.2, 0) is 21.0 Å². The van der Waals surface area contributed by atoms with Crippen molar-refractivity contribution in [3.05, 3.63) is 53.6 Å². The summed E-state index contributed by atoms with van der Waals surface area (Å²) in [4.78, 5) is 11.4. The number of carbonyl (C=O) groups excluding carboxylic acids is 1. The smallest absolute Gasteiger partial charge is 0.416 e. The number of nitrogens with one attached hydrogen (secondary N) is 2. The quantitative estimate of drug-likeness (QED) is 0.778. The molecular weight excluding hydrogens is 385 g/mol. The molecule has 0 atom stereocenters. The van der Waals surface area contributed by atoms with Crippen LogP contribution in [0.25, 0.3) is 0 Å². The number of hydrogen-bond acceptors (Lipinski definition) is 4. The summed E-state index contributed by atoms with van der Waals surface area (Å²) in [5.41, 5.74) is 0.0972. The Balaban J connectivity index is 2.04. The minimum atomic E-state index is -4.67. The second-order valence-electron chi connectivity index (χ2n) is 5.58. The fourth-order valence-electron chi connectivity index (χ4n) is 2.24. The molecule has 2 rings (SSSR count). The van der Waals surface area contributed by atoms with Gasteiger partial charge in [-0.25, -0.2) is 13.1 Å². The minimum absolute atomic E-state index is 0.427. The van der Waals surface area contributed by atoms with Crippen molar-refractivity contribution >= 4 is 21.6 Å². The first-order valence-electron chi connectivity index (χ1n) is 7.64. The van der Waals surface area contributed by atoms with Crippen LogP contribution in [0.15, 0.2) is 47.4 Å². The number of alkyl halides is 3. The Morgan fingerprint density at radius 2 is 1.85 bits per heavy atom. The van der Waals surface area contributed by atoms with Gasteiger partial charge in [0.15, 0.2) is 0 Å². The van der Waals surface area contributed by atoms with Gasteiger partial charge in [0.05, 0.1) is 24.1 Å². The number of sulfonamides is 1. The number of hydrogen-bond donors (Lipinski definition) is 2. The van der Waals surface area contributed by atoms with E-state index in [0.717, 1.165) is 23.8 Å². The van der Waals surface area contributed by atoms with Crippen molar-refractivity contribution in [3.8, 4) is 5.75 Å². The predicted molar refractivity (Wildman–Crippen MR) is 93.0 cm³/mol. The highest BCUT2D eigenvalue weighted by Crippen LogP contribution is 2.30. The largest absolute Gasteiger partial charge is 0.496 e. The summed E-state index contributed by atoms with van der Waals surface area (Å²) in [6, 6.07) is 8.12. The Bertz CT molecular complexity index is 943. The first-order chi connectivity index (χ1) is 12.5. The molecule has 0 saturated heterocycles. The maximum atomic E-state index is 12.7. The van der Waals surface area contributed by atoms with Crippen LogP contribution in [0.4, 0.5) is 18.9 Å². The maximum absolute atomic E-state index is 12.7. The zero-order valence-corrected chi connectivity index (χ0v) is 15.2. The van der Waals surface area contributed by atoms with Crippen LogP contribution in [0.1, 0.15) is 11.1 Å². The van der Waals surface area contributed by atoms with E-state index in [2.05, 4.69) is 5.32 Å². The lowest BCUT2D eigenvalue weighted by Gasteiger charge is -2.11. The minimum Gasteiger partial charge on any atom is -0.496 e. The van der Waals surface area contributed by atoms with Crippen LogP contribution >= 0.6 is 0 Å². The number of aryl methyl sites for hydroxylation is 1. The summed E-state index contributed by atoms with van der Waals surface area (Å²) in [5, 5.41) is 2.49.